The highest BCUT2D eigenvalue weighted by Crippen LogP contribution is 2.42. The molecule has 8 nitrogen and oxygen atoms in total. The lowest BCUT2D eigenvalue weighted by Gasteiger charge is -2.08. The first-order valence-corrected chi connectivity index (χ1v) is 11.7. The van der Waals surface area contributed by atoms with Gasteiger partial charge in [0.2, 0.25) is 0 Å². The van der Waals surface area contributed by atoms with Crippen LogP contribution in [-0.4, -0.2) is 42.8 Å². The number of aliphatic carboxylic acids is 2. The second-order valence-electron chi connectivity index (χ2n) is 3.99. The van der Waals surface area contributed by atoms with Crippen molar-refractivity contribution in [2.45, 2.75) is 41.7 Å². The average molecular weight is 441 g/mol. The molecule has 0 N–H and O–H groups in total. The number of carboxylic acids is 2. The minimum atomic E-state index is -1.15. The van der Waals surface area contributed by atoms with Gasteiger partial charge in [-0.3, -0.25) is 0 Å². The number of carboxylic acid groups (broad SMARTS) is 2. The Balaban J connectivity index is 1.86. The van der Waals surface area contributed by atoms with E-state index in [-0.39, 0.29) is 0 Å². The molecule has 0 aliphatic heterocycles. The molecule has 2 rings (SSSR count). The molecule has 24 heavy (non-hydrogen) atoms. The van der Waals surface area contributed by atoms with Gasteiger partial charge in [-0.25, -0.2) is 0 Å². The zero-order chi connectivity index (χ0) is 17.7. The molecule has 2 aromatic rings. The molecule has 0 saturated carbocycles. The van der Waals surface area contributed by atoms with Gasteiger partial charge in [0.1, 0.15) is 0 Å². The number of aromatic nitrogens is 4. The van der Waals surface area contributed by atoms with E-state index in [1.54, 1.807) is 0 Å². The van der Waals surface area contributed by atoms with Gasteiger partial charge in [0.05, 0.1) is 11.9 Å². The van der Waals surface area contributed by atoms with Gasteiger partial charge >= 0.3 is 0 Å². The van der Waals surface area contributed by atoms with E-state index >= 15 is 0 Å². The minimum absolute atomic E-state index is 0.547. The fourth-order valence-electron chi connectivity index (χ4n) is 1.03. The van der Waals surface area contributed by atoms with E-state index in [4.69, 9.17) is 0 Å². The number of hydrogen-bond donors (Lipinski definition) is 0. The Morgan fingerprint density at radius 3 is 1.46 bits per heavy atom. The maximum Gasteiger partial charge on any atom is 0.186 e. The molecule has 2 unspecified atom stereocenters. The summed E-state index contributed by atoms with van der Waals surface area (Å²) in [5, 5.41) is 35.8. The number of rotatable bonds is 9. The minimum Gasteiger partial charge on any atom is -0.549 e. The van der Waals surface area contributed by atoms with E-state index in [9.17, 15) is 19.8 Å². The molecule has 0 radical (unpaired) electrons. The van der Waals surface area contributed by atoms with Crippen LogP contribution in [0.15, 0.2) is 17.4 Å². The molecule has 130 valence electrons. The van der Waals surface area contributed by atoms with Crippen molar-refractivity contribution < 1.29 is 19.8 Å². The topological polar surface area (TPSA) is 132 Å². The molecule has 0 spiro atoms. The van der Waals surface area contributed by atoms with Crippen LogP contribution < -0.4 is 10.2 Å². The first-order valence-electron chi connectivity index (χ1n) is 6.11. The van der Waals surface area contributed by atoms with Crippen LogP contribution in [0.25, 0.3) is 0 Å². The second-order valence-corrected chi connectivity index (χ2v) is 11.7. The lowest BCUT2D eigenvalue weighted by molar-refractivity contribution is -0.305. The molecule has 2 aromatic heterocycles. The molecule has 0 aliphatic rings. The Hall–Kier alpha value is -0.540. The number of nitrogens with zero attached hydrogens (tertiary/aromatic N) is 4. The number of carbonyl (C=O) groups excluding carboxylic acids is 2. The maximum absolute atomic E-state index is 10.7. The molecular formula is C10H8N4O4S6-2. The van der Waals surface area contributed by atoms with Crippen LogP contribution in [0.4, 0.5) is 0 Å². The molecule has 14 heteroatoms. The molecule has 0 amide bonds. The summed E-state index contributed by atoms with van der Waals surface area (Å²) in [6.07, 6.45) is 0. The van der Waals surface area contributed by atoms with Gasteiger partial charge in [0.25, 0.3) is 0 Å². The molecule has 2 heterocycles. The molecule has 0 aromatic carbocycles. The Bertz CT molecular complexity index is 662. The lowest BCUT2D eigenvalue weighted by Crippen LogP contribution is -2.31. The van der Waals surface area contributed by atoms with Crippen molar-refractivity contribution in [3.63, 3.8) is 0 Å². The summed E-state index contributed by atoms with van der Waals surface area (Å²) >= 11 is 4.71. The van der Waals surface area contributed by atoms with Gasteiger partial charge < -0.3 is 19.8 Å². The molecule has 0 saturated heterocycles. The number of thioether (sulfide) groups is 2. The van der Waals surface area contributed by atoms with Gasteiger partial charge in [0, 0.05) is 10.5 Å². The summed E-state index contributed by atoms with van der Waals surface area (Å²) < 4.78 is 2.40. The zero-order valence-electron chi connectivity index (χ0n) is 12.0. The maximum atomic E-state index is 10.7. The fraction of sp³-hybridized carbons (Fsp3) is 0.400. The quantitative estimate of drug-likeness (QED) is 0.400. The Labute approximate surface area is 161 Å². The zero-order valence-corrected chi connectivity index (χ0v) is 16.9. The number of hydrogen-bond acceptors (Lipinski definition) is 14. The smallest absolute Gasteiger partial charge is 0.186 e. The van der Waals surface area contributed by atoms with Crippen LogP contribution >= 0.6 is 67.8 Å². The van der Waals surface area contributed by atoms with Crippen molar-refractivity contribution in [3.05, 3.63) is 0 Å². The van der Waals surface area contributed by atoms with Gasteiger partial charge in [-0.2, -0.15) is 0 Å². The summed E-state index contributed by atoms with van der Waals surface area (Å²) in [5.41, 5.74) is 0. The highest BCUT2D eigenvalue weighted by Gasteiger charge is 2.14. The predicted octanol–water partition coefficient (Wildman–Crippen LogP) is 0.650. The normalized spacial score (nSPS) is 13.6. The molecule has 0 aliphatic carbocycles. The van der Waals surface area contributed by atoms with Gasteiger partial charge in [-0.15, -0.1) is 20.4 Å². The monoisotopic (exact) mass is 440 g/mol. The fourth-order valence-corrected chi connectivity index (χ4v) is 7.56. The highest BCUT2D eigenvalue weighted by molar-refractivity contribution is 8.77. The molecule has 0 bridgehead atoms. The van der Waals surface area contributed by atoms with Crippen molar-refractivity contribution in [2.75, 3.05) is 0 Å². The third kappa shape index (κ3) is 6.07. The van der Waals surface area contributed by atoms with E-state index < -0.39 is 22.4 Å². The van der Waals surface area contributed by atoms with E-state index in [0.717, 1.165) is 23.5 Å². The highest BCUT2D eigenvalue weighted by atomic mass is 33.1. The molecule has 0 fully saturated rings. The van der Waals surface area contributed by atoms with Crippen LogP contribution in [0.1, 0.15) is 13.8 Å². The summed E-state index contributed by atoms with van der Waals surface area (Å²) in [4.78, 5) is 21.4. The summed E-state index contributed by atoms with van der Waals surface area (Å²) in [7, 11) is 2.65. The van der Waals surface area contributed by atoms with E-state index in [0.29, 0.717) is 17.4 Å². The van der Waals surface area contributed by atoms with Crippen molar-refractivity contribution in [3.8, 4) is 0 Å². The van der Waals surface area contributed by atoms with Crippen molar-refractivity contribution in [2.24, 2.45) is 0 Å². The van der Waals surface area contributed by atoms with Crippen molar-refractivity contribution >= 4 is 79.7 Å². The van der Waals surface area contributed by atoms with Gasteiger partial charge in [0.15, 0.2) is 17.4 Å². The lowest BCUT2D eigenvalue weighted by atomic mass is 10.5. The third-order valence-electron chi connectivity index (χ3n) is 2.18. The first-order chi connectivity index (χ1) is 11.3. The molecular weight excluding hydrogens is 433 g/mol. The van der Waals surface area contributed by atoms with E-state index in [1.165, 1.54) is 58.1 Å². The van der Waals surface area contributed by atoms with Gasteiger partial charge in [-0.05, 0) is 35.4 Å². The van der Waals surface area contributed by atoms with Crippen LogP contribution in [0, 0.1) is 0 Å². The predicted molar refractivity (Wildman–Crippen MR) is 92.2 cm³/mol. The van der Waals surface area contributed by atoms with E-state index in [2.05, 4.69) is 20.4 Å². The average Bonchev–Trinajstić information content (AvgIpc) is 3.14. The summed E-state index contributed by atoms with van der Waals surface area (Å²) in [6.45, 7) is 3.05. The van der Waals surface area contributed by atoms with Crippen molar-refractivity contribution in [1.29, 1.82) is 0 Å². The van der Waals surface area contributed by atoms with Crippen LogP contribution in [0.2, 0.25) is 0 Å². The molecule has 2 atom stereocenters. The second kappa shape index (κ2) is 9.24. The Morgan fingerprint density at radius 2 is 1.12 bits per heavy atom. The standard InChI is InChI=1S/C10H10N4O4S6/c1-3(5(15)16)19-7-11-13-9(21-7)23-24-10-14-12-8(22-10)20-4(2)6(17)18/h3-4H,1-2H3,(H,15,16)(H,17,18)/p-2. The third-order valence-corrected chi connectivity index (χ3v) is 9.30. The largest absolute Gasteiger partial charge is 0.549 e. The summed E-state index contributed by atoms with van der Waals surface area (Å²) in [6, 6.07) is 0. The number of carbonyl (C=O) groups is 2. The summed E-state index contributed by atoms with van der Waals surface area (Å²) in [5.74, 6) is -2.30. The van der Waals surface area contributed by atoms with Crippen LogP contribution in [0.3, 0.4) is 0 Å². The van der Waals surface area contributed by atoms with E-state index in [1.807, 2.05) is 0 Å². The van der Waals surface area contributed by atoms with Crippen molar-refractivity contribution in [1.82, 2.24) is 20.4 Å². The Kier molecular flexibility index (Phi) is 7.61. The SMILES string of the molecule is CC(Sc1nnc(SSc2nnc(SC(C)C(=O)[O-])s2)s1)C(=O)[O-]. The van der Waals surface area contributed by atoms with Crippen LogP contribution in [0.5, 0.6) is 0 Å². The van der Waals surface area contributed by atoms with Gasteiger partial charge in [-0.1, -0.05) is 46.2 Å². The Morgan fingerprint density at radius 1 is 0.792 bits per heavy atom. The van der Waals surface area contributed by atoms with Crippen LogP contribution in [-0.2, 0) is 9.59 Å². The first kappa shape index (κ1) is 19.8.